The summed E-state index contributed by atoms with van der Waals surface area (Å²) >= 11 is 8.97. The van der Waals surface area contributed by atoms with Crippen molar-refractivity contribution in [3.05, 3.63) is 27.7 Å². The zero-order valence-electron chi connectivity index (χ0n) is 8.15. The van der Waals surface area contributed by atoms with Gasteiger partial charge in [0, 0.05) is 16.6 Å². The molecule has 1 aromatic rings. The van der Waals surface area contributed by atoms with E-state index in [-0.39, 0.29) is 17.0 Å². The molecule has 7 heteroatoms. The Morgan fingerprint density at radius 1 is 1.50 bits per heavy atom. The van der Waals surface area contributed by atoms with Crippen LogP contribution in [0.4, 0.5) is 0 Å². The van der Waals surface area contributed by atoms with Crippen molar-refractivity contribution in [2.24, 2.45) is 5.73 Å². The number of nitrogens with two attached hydrogens (primary N) is 1. The van der Waals surface area contributed by atoms with Crippen LogP contribution in [-0.4, -0.2) is 20.5 Å². The van der Waals surface area contributed by atoms with E-state index in [2.05, 4.69) is 20.7 Å². The van der Waals surface area contributed by atoms with Crippen LogP contribution in [0.15, 0.2) is 27.6 Å². The molecule has 16 heavy (non-hydrogen) atoms. The summed E-state index contributed by atoms with van der Waals surface area (Å²) in [6.45, 7) is 0. The molecule has 2 atom stereocenters. The van der Waals surface area contributed by atoms with Gasteiger partial charge < -0.3 is 5.73 Å². The fraction of sp³-hybridized carbons (Fsp3) is 0.333. The largest absolute Gasteiger partial charge is 0.326 e. The Kier molecular flexibility index (Phi) is 3.29. The van der Waals surface area contributed by atoms with Gasteiger partial charge in [0.25, 0.3) is 0 Å². The number of benzene rings is 1. The fourth-order valence-electron chi connectivity index (χ4n) is 1.26. The molecule has 1 aromatic carbocycles. The lowest BCUT2D eigenvalue weighted by atomic mass is 10.4. The number of hydrogen-bond donors (Lipinski definition) is 2. The lowest BCUT2D eigenvalue weighted by Gasteiger charge is -2.06. The van der Waals surface area contributed by atoms with Crippen LogP contribution in [0.3, 0.4) is 0 Å². The Morgan fingerprint density at radius 3 is 2.62 bits per heavy atom. The number of hydrogen-bond acceptors (Lipinski definition) is 3. The van der Waals surface area contributed by atoms with Crippen molar-refractivity contribution >= 4 is 37.6 Å². The monoisotopic (exact) mass is 324 g/mol. The van der Waals surface area contributed by atoms with Crippen molar-refractivity contribution in [1.29, 1.82) is 0 Å². The molecule has 1 aliphatic carbocycles. The molecule has 0 spiro atoms. The summed E-state index contributed by atoms with van der Waals surface area (Å²) in [5.74, 6) is 0. The first-order valence-electron chi connectivity index (χ1n) is 4.63. The molecule has 0 aromatic heterocycles. The van der Waals surface area contributed by atoms with Gasteiger partial charge in [-0.05, 0) is 40.5 Å². The van der Waals surface area contributed by atoms with E-state index in [9.17, 15) is 8.42 Å². The smallest absolute Gasteiger partial charge is 0.240 e. The lowest BCUT2D eigenvalue weighted by molar-refractivity contribution is 0.579. The van der Waals surface area contributed by atoms with Gasteiger partial charge in [-0.15, -0.1) is 0 Å². The van der Waals surface area contributed by atoms with Crippen molar-refractivity contribution < 1.29 is 8.42 Å². The maximum Gasteiger partial charge on any atom is 0.240 e. The molecule has 2 unspecified atom stereocenters. The first kappa shape index (κ1) is 12.3. The number of sulfonamides is 1. The Hall–Kier alpha value is -0.140. The molecule has 2 rings (SSSR count). The molecule has 0 saturated heterocycles. The van der Waals surface area contributed by atoms with Crippen LogP contribution in [0.2, 0.25) is 5.02 Å². The minimum absolute atomic E-state index is 0.0643. The lowest BCUT2D eigenvalue weighted by Crippen LogP contribution is -2.29. The molecule has 3 N–H and O–H groups in total. The molecule has 1 saturated carbocycles. The third-order valence-corrected chi connectivity index (χ3v) is 5.05. The van der Waals surface area contributed by atoms with Gasteiger partial charge in [-0.25, -0.2) is 13.1 Å². The molecule has 0 amide bonds. The van der Waals surface area contributed by atoms with Gasteiger partial charge in [0.1, 0.15) is 0 Å². The number of halogens is 2. The maximum atomic E-state index is 11.9. The third-order valence-electron chi connectivity index (χ3n) is 2.35. The third kappa shape index (κ3) is 2.57. The van der Waals surface area contributed by atoms with Gasteiger partial charge in [0.05, 0.1) is 9.92 Å². The van der Waals surface area contributed by atoms with Crippen LogP contribution in [0.5, 0.6) is 0 Å². The molecule has 4 nitrogen and oxygen atoms in total. The van der Waals surface area contributed by atoms with E-state index in [1.54, 1.807) is 0 Å². The van der Waals surface area contributed by atoms with E-state index >= 15 is 0 Å². The summed E-state index contributed by atoms with van der Waals surface area (Å²) in [5.41, 5.74) is 5.55. The topological polar surface area (TPSA) is 72.2 Å². The Bertz CT molecular complexity index is 520. The van der Waals surface area contributed by atoms with E-state index in [1.807, 2.05) is 0 Å². The highest BCUT2D eigenvalue weighted by Gasteiger charge is 2.37. The van der Waals surface area contributed by atoms with Crippen molar-refractivity contribution in [3.63, 3.8) is 0 Å². The van der Waals surface area contributed by atoms with Crippen molar-refractivity contribution in [2.45, 2.75) is 23.4 Å². The van der Waals surface area contributed by atoms with Crippen LogP contribution < -0.4 is 10.5 Å². The van der Waals surface area contributed by atoms with Gasteiger partial charge in [-0.3, -0.25) is 0 Å². The molecule has 0 aliphatic heterocycles. The first-order valence-corrected chi connectivity index (χ1v) is 7.28. The average molecular weight is 326 g/mol. The van der Waals surface area contributed by atoms with E-state index in [1.165, 1.54) is 18.2 Å². The van der Waals surface area contributed by atoms with Crippen molar-refractivity contribution in [2.75, 3.05) is 0 Å². The maximum absolute atomic E-state index is 11.9. The minimum Gasteiger partial charge on any atom is -0.326 e. The van der Waals surface area contributed by atoms with E-state index in [4.69, 9.17) is 17.3 Å². The second kappa shape index (κ2) is 4.27. The molecule has 0 radical (unpaired) electrons. The second-order valence-corrected chi connectivity index (χ2v) is 6.68. The standard InChI is InChI=1S/C9H10BrClN2O2S/c10-6-3-5(1-2-7(6)11)16(14,15)13-9-4-8(9)12/h1-3,8-9,13H,4,12H2. The zero-order chi connectivity index (χ0) is 11.9. The Morgan fingerprint density at radius 2 is 2.12 bits per heavy atom. The van der Waals surface area contributed by atoms with Gasteiger partial charge in [0.2, 0.25) is 10.0 Å². The summed E-state index contributed by atoms with van der Waals surface area (Å²) < 4.78 is 26.8. The Balaban J connectivity index is 2.25. The highest BCUT2D eigenvalue weighted by atomic mass is 79.9. The Labute approximate surface area is 107 Å². The minimum atomic E-state index is -3.49. The van der Waals surface area contributed by atoms with E-state index in [0.717, 1.165) is 0 Å². The fourth-order valence-corrected chi connectivity index (χ4v) is 3.24. The molecular formula is C9H10BrClN2O2S. The predicted molar refractivity (Wildman–Crippen MR) is 65.9 cm³/mol. The van der Waals surface area contributed by atoms with Gasteiger partial charge in [0.15, 0.2) is 0 Å². The molecule has 1 fully saturated rings. The quantitative estimate of drug-likeness (QED) is 0.884. The average Bonchev–Trinajstić information content (AvgIpc) is 2.85. The van der Waals surface area contributed by atoms with Crippen LogP contribution in [0, 0.1) is 0 Å². The SMILES string of the molecule is NC1CC1NS(=O)(=O)c1ccc(Cl)c(Br)c1. The van der Waals surface area contributed by atoms with Crippen molar-refractivity contribution in [3.8, 4) is 0 Å². The first-order chi connectivity index (χ1) is 7.40. The van der Waals surface area contributed by atoms with E-state index < -0.39 is 10.0 Å². The van der Waals surface area contributed by atoms with Crippen LogP contribution in [0.25, 0.3) is 0 Å². The summed E-state index contributed by atoms with van der Waals surface area (Å²) in [4.78, 5) is 0.183. The number of rotatable bonds is 3. The van der Waals surface area contributed by atoms with Crippen LogP contribution in [-0.2, 0) is 10.0 Å². The summed E-state index contributed by atoms with van der Waals surface area (Å²) in [6, 6.07) is 4.26. The molecular weight excluding hydrogens is 316 g/mol. The molecule has 0 heterocycles. The second-order valence-electron chi connectivity index (χ2n) is 3.70. The summed E-state index contributed by atoms with van der Waals surface area (Å²) in [6.07, 6.45) is 0.688. The van der Waals surface area contributed by atoms with E-state index in [0.29, 0.717) is 15.9 Å². The highest BCUT2D eigenvalue weighted by Crippen LogP contribution is 2.27. The summed E-state index contributed by atoms with van der Waals surface area (Å²) in [5, 5.41) is 0.474. The highest BCUT2D eigenvalue weighted by molar-refractivity contribution is 9.10. The zero-order valence-corrected chi connectivity index (χ0v) is 11.3. The molecule has 88 valence electrons. The summed E-state index contributed by atoms with van der Waals surface area (Å²) in [7, 11) is -3.49. The van der Waals surface area contributed by atoms with Crippen molar-refractivity contribution in [1.82, 2.24) is 4.72 Å². The molecule has 1 aliphatic rings. The van der Waals surface area contributed by atoms with Gasteiger partial charge in [-0.2, -0.15) is 0 Å². The predicted octanol–water partition coefficient (Wildman–Crippen LogP) is 1.48. The van der Waals surface area contributed by atoms with Gasteiger partial charge >= 0.3 is 0 Å². The van der Waals surface area contributed by atoms with Gasteiger partial charge in [-0.1, -0.05) is 11.6 Å². The normalized spacial score (nSPS) is 24.4. The van der Waals surface area contributed by atoms with Crippen LogP contribution >= 0.6 is 27.5 Å². The molecule has 0 bridgehead atoms. The number of nitrogens with one attached hydrogen (secondary N) is 1. The van der Waals surface area contributed by atoms with Crippen LogP contribution in [0.1, 0.15) is 6.42 Å².